The van der Waals surface area contributed by atoms with Gasteiger partial charge in [0.1, 0.15) is 17.1 Å². The summed E-state index contributed by atoms with van der Waals surface area (Å²) in [5.41, 5.74) is -3.65. The van der Waals surface area contributed by atoms with Gasteiger partial charge in [0.05, 0.1) is 28.6 Å². The number of aryl methyl sites for hydroxylation is 1. The zero-order chi connectivity index (χ0) is 24.6. The Hall–Kier alpha value is -3.50. The summed E-state index contributed by atoms with van der Waals surface area (Å²) in [6, 6.07) is 4.71. The third kappa shape index (κ3) is 5.12. The number of esters is 1. The van der Waals surface area contributed by atoms with Gasteiger partial charge < -0.3 is 14.0 Å². The van der Waals surface area contributed by atoms with Crippen molar-refractivity contribution in [2.75, 3.05) is 6.61 Å². The molecule has 0 radical (unpaired) electrons. The first-order valence-electron chi connectivity index (χ1n) is 9.66. The Morgan fingerprint density at radius 1 is 0.909 bits per heavy atom. The second-order valence-corrected chi connectivity index (χ2v) is 6.90. The fourth-order valence-electron chi connectivity index (χ4n) is 3.18. The number of rotatable bonds is 5. The van der Waals surface area contributed by atoms with Gasteiger partial charge in [-0.2, -0.15) is 26.3 Å². The van der Waals surface area contributed by atoms with E-state index < -0.39 is 40.6 Å². The van der Waals surface area contributed by atoms with Crippen LogP contribution in [0.25, 0.3) is 10.9 Å². The van der Waals surface area contributed by atoms with Crippen molar-refractivity contribution in [2.45, 2.75) is 32.7 Å². The molecule has 3 rings (SSSR count). The van der Waals surface area contributed by atoms with Gasteiger partial charge in [0.15, 0.2) is 0 Å². The van der Waals surface area contributed by atoms with Gasteiger partial charge >= 0.3 is 18.3 Å². The first-order valence-corrected chi connectivity index (χ1v) is 9.66. The van der Waals surface area contributed by atoms with Crippen molar-refractivity contribution in [1.82, 2.24) is 4.57 Å². The molecule has 0 aliphatic heterocycles. The monoisotopic (exact) mass is 473 g/mol. The van der Waals surface area contributed by atoms with Crippen molar-refractivity contribution in [3.05, 3.63) is 69.5 Å². The van der Waals surface area contributed by atoms with Crippen molar-refractivity contribution in [3.63, 3.8) is 0 Å². The number of ether oxygens (including phenoxy) is 2. The van der Waals surface area contributed by atoms with Crippen LogP contribution in [0.5, 0.6) is 11.5 Å². The van der Waals surface area contributed by atoms with Crippen molar-refractivity contribution in [3.8, 4) is 11.5 Å². The predicted molar refractivity (Wildman–Crippen MR) is 106 cm³/mol. The van der Waals surface area contributed by atoms with Crippen LogP contribution in [0.2, 0.25) is 0 Å². The Bertz CT molecular complexity index is 1230. The van der Waals surface area contributed by atoms with Gasteiger partial charge in [0, 0.05) is 12.7 Å². The van der Waals surface area contributed by atoms with E-state index >= 15 is 0 Å². The summed E-state index contributed by atoms with van der Waals surface area (Å²) in [6.07, 6.45) is -8.75. The number of aromatic nitrogens is 1. The number of alkyl halides is 6. The molecule has 0 unspecified atom stereocenters. The van der Waals surface area contributed by atoms with Crippen molar-refractivity contribution in [1.29, 1.82) is 0 Å². The highest BCUT2D eigenvalue weighted by Crippen LogP contribution is 2.39. The minimum Gasteiger partial charge on any atom is -0.462 e. The van der Waals surface area contributed by atoms with Gasteiger partial charge in [0.25, 0.3) is 0 Å². The van der Waals surface area contributed by atoms with Gasteiger partial charge in [-0.25, -0.2) is 4.79 Å². The van der Waals surface area contributed by atoms with Gasteiger partial charge in [-0.05, 0) is 50.2 Å². The number of carbonyl (C=O) groups is 1. The van der Waals surface area contributed by atoms with Gasteiger partial charge in [0.2, 0.25) is 5.43 Å². The van der Waals surface area contributed by atoms with Crippen LogP contribution >= 0.6 is 0 Å². The largest absolute Gasteiger partial charge is 0.462 e. The maximum atomic E-state index is 13.1. The van der Waals surface area contributed by atoms with E-state index in [0.717, 1.165) is 6.07 Å². The van der Waals surface area contributed by atoms with Crippen LogP contribution in [-0.4, -0.2) is 17.1 Å². The summed E-state index contributed by atoms with van der Waals surface area (Å²) < 4.78 is 90.3. The predicted octanol–water partition coefficient (Wildman–Crippen LogP) is 6.03. The third-order valence-corrected chi connectivity index (χ3v) is 4.68. The van der Waals surface area contributed by atoms with E-state index in [9.17, 15) is 35.9 Å². The average Bonchev–Trinajstić information content (AvgIpc) is 2.73. The summed E-state index contributed by atoms with van der Waals surface area (Å²) in [7, 11) is 0. The molecule has 33 heavy (non-hydrogen) atoms. The van der Waals surface area contributed by atoms with E-state index in [0.29, 0.717) is 24.2 Å². The van der Waals surface area contributed by atoms with E-state index in [4.69, 9.17) is 9.47 Å². The summed E-state index contributed by atoms with van der Waals surface area (Å²) >= 11 is 0. The highest BCUT2D eigenvalue weighted by Gasteiger charge is 2.37. The standard InChI is InChI=1S/C22H17F6NO4/c1-3-29-11-17(20(31)32-4-2)19(30)16-10-14(5-6-18(16)29)33-15-8-12(21(23,24)25)7-13(9-15)22(26,27)28/h5-11H,3-4H2,1-2H3. The van der Waals surface area contributed by atoms with Crippen LogP contribution in [0.4, 0.5) is 26.3 Å². The van der Waals surface area contributed by atoms with Crippen molar-refractivity contribution in [2.24, 2.45) is 0 Å². The van der Waals surface area contributed by atoms with Crippen molar-refractivity contribution < 1.29 is 40.6 Å². The molecule has 0 aliphatic carbocycles. The van der Waals surface area contributed by atoms with Gasteiger partial charge in [-0.15, -0.1) is 0 Å². The molecule has 0 saturated carbocycles. The minimum absolute atomic E-state index is 0.0112. The molecule has 11 heteroatoms. The lowest BCUT2D eigenvalue weighted by molar-refractivity contribution is -0.143. The maximum absolute atomic E-state index is 13.1. The van der Waals surface area contributed by atoms with E-state index in [-0.39, 0.29) is 29.4 Å². The SMILES string of the molecule is CCOC(=O)c1cn(CC)c2ccc(Oc3cc(C(F)(F)F)cc(C(F)(F)F)c3)cc2c1=O. The van der Waals surface area contributed by atoms with Crippen molar-refractivity contribution >= 4 is 16.9 Å². The fraction of sp³-hybridized carbons (Fsp3) is 0.273. The Kier molecular flexibility index (Phi) is 6.44. The zero-order valence-electron chi connectivity index (χ0n) is 17.3. The van der Waals surface area contributed by atoms with Crippen LogP contribution in [-0.2, 0) is 23.6 Å². The first kappa shape index (κ1) is 24.1. The van der Waals surface area contributed by atoms with Crippen LogP contribution in [0.15, 0.2) is 47.4 Å². The molecule has 1 heterocycles. The zero-order valence-corrected chi connectivity index (χ0v) is 17.3. The average molecular weight is 473 g/mol. The van der Waals surface area contributed by atoms with E-state index in [1.54, 1.807) is 18.4 Å². The Morgan fingerprint density at radius 2 is 1.52 bits per heavy atom. The van der Waals surface area contributed by atoms with E-state index in [1.807, 2.05) is 0 Å². The lowest BCUT2D eigenvalue weighted by atomic mass is 10.1. The normalized spacial score (nSPS) is 12.1. The summed E-state index contributed by atoms with van der Waals surface area (Å²) in [5.74, 6) is -1.75. The molecule has 0 bridgehead atoms. The highest BCUT2D eigenvalue weighted by molar-refractivity contribution is 5.94. The minimum atomic E-state index is -5.04. The molecule has 5 nitrogen and oxygen atoms in total. The Labute approximate surface area is 183 Å². The molecular weight excluding hydrogens is 456 g/mol. The maximum Gasteiger partial charge on any atom is 0.416 e. The van der Waals surface area contributed by atoms with Crippen LogP contribution in [0.3, 0.4) is 0 Å². The summed E-state index contributed by atoms with van der Waals surface area (Å²) in [5, 5.41) is -0.0112. The molecule has 0 N–H and O–H groups in total. The third-order valence-electron chi connectivity index (χ3n) is 4.68. The second kappa shape index (κ2) is 8.80. The van der Waals surface area contributed by atoms with Gasteiger partial charge in [-0.3, -0.25) is 4.79 Å². The lowest BCUT2D eigenvalue weighted by Crippen LogP contribution is -2.20. The lowest BCUT2D eigenvalue weighted by Gasteiger charge is -2.15. The Morgan fingerprint density at radius 3 is 2.03 bits per heavy atom. The number of hydrogen-bond acceptors (Lipinski definition) is 4. The number of hydrogen-bond donors (Lipinski definition) is 0. The molecule has 176 valence electrons. The number of fused-ring (bicyclic) bond motifs is 1. The molecule has 2 aromatic carbocycles. The van der Waals surface area contributed by atoms with Crippen LogP contribution < -0.4 is 10.2 Å². The molecule has 0 saturated heterocycles. The topological polar surface area (TPSA) is 57.5 Å². The second-order valence-electron chi connectivity index (χ2n) is 6.90. The van der Waals surface area contributed by atoms with Crippen LogP contribution in [0.1, 0.15) is 35.3 Å². The summed E-state index contributed by atoms with van der Waals surface area (Å²) in [4.78, 5) is 25.0. The Balaban J connectivity index is 2.13. The molecular formula is C22H17F6NO4. The number of benzene rings is 2. The molecule has 0 atom stereocenters. The highest BCUT2D eigenvalue weighted by atomic mass is 19.4. The molecule has 0 amide bonds. The molecule has 0 aliphatic rings. The smallest absolute Gasteiger partial charge is 0.416 e. The molecule has 0 fully saturated rings. The molecule has 3 aromatic rings. The number of carbonyl (C=O) groups excluding carboxylic acids is 1. The number of halogens is 6. The molecule has 0 spiro atoms. The first-order chi connectivity index (χ1) is 15.3. The fourth-order valence-corrected chi connectivity index (χ4v) is 3.18. The molecule has 1 aromatic heterocycles. The number of nitrogens with zero attached hydrogens (tertiary/aromatic N) is 1. The number of pyridine rings is 1. The van der Waals surface area contributed by atoms with Crippen LogP contribution in [0, 0.1) is 0 Å². The van der Waals surface area contributed by atoms with E-state index in [2.05, 4.69) is 0 Å². The van der Waals surface area contributed by atoms with Gasteiger partial charge in [-0.1, -0.05) is 0 Å². The summed E-state index contributed by atoms with van der Waals surface area (Å²) in [6.45, 7) is 3.71. The van der Waals surface area contributed by atoms with E-state index in [1.165, 1.54) is 18.3 Å². The quantitative estimate of drug-likeness (QED) is 0.336.